The lowest BCUT2D eigenvalue weighted by molar-refractivity contribution is 0.0600. The molecule has 0 heterocycles. The van der Waals surface area contributed by atoms with Gasteiger partial charge < -0.3 is 14.7 Å². The zero-order valence-electron chi connectivity index (χ0n) is 11.2. The van der Waals surface area contributed by atoms with Crippen molar-refractivity contribution in [3.63, 3.8) is 0 Å². The van der Waals surface area contributed by atoms with Crippen LogP contribution in [-0.4, -0.2) is 42.8 Å². The van der Waals surface area contributed by atoms with Crippen molar-refractivity contribution < 1.29 is 14.6 Å². The first-order valence-corrected chi connectivity index (χ1v) is 6.06. The van der Waals surface area contributed by atoms with E-state index in [-0.39, 0.29) is 12.1 Å². The van der Waals surface area contributed by atoms with Gasteiger partial charge in [0.1, 0.15) is 0 Å². The molecule has 0 saturated heterocycles. The van der Waals surface area contributed by atoms with Crippen LogP contribution < -0.4 is 0 Å². The number of benzene rings is 1. The third-order valence-corrected chi connectivity index (χ3v) is 2.76. The molecule has 1 aromatic rings. The average molecular weight is 251 g/mol. The second kappa shape index (κ2) is 7.13. The van der Waals surface area contributed by atoms with Crippen LogP contribution in [0.4, 0.5) is 0 Å². The summed E-state index contributed by atoms with van der Waals surface area (Å²) in [6.07, 6.45) is 0.491. The summed E-state index contributed by atoms with van der Waals surface area (Å²) in [7, 11) is 3.39. The van der Waals surface area contributed by atoms with E-state index in [9.17, 15) is 9.90 Å². The Morgan fingerprint density at radius 1 is 1.39 bits per heavy atom. The Balaban J connectivity index is 2.50. The van der Waals surface area contributed by atoms with Crippen LogP contribution in [0, 0.1) is 0 Å². The van der Waals surface area contributed by atoms with Crippen molar-refractivity contribution in [2.24, 2.45) is 0 Å². The van der Waals surface area contributed by atoms with Gasteiger partial charge in [0.25, 0.3) is 0 Å². The maximum atomic E-state index is 11.3. The van der Waals surface area contributed by atoms with Gasteiger partial charge in [-0.2, -0.15) is 0 Å². The van der Waals surface area contributed by atoms with Gasteiger partial charge in [-0.1, -0.05) is 12.1 Å². The Morgan fingerprint density at radius 2 is 2.00 bits per heavy atom. The molecule has 0 radical (unpaired) electrons. The topological polar surface area (TPSA) is 49.8 Å². The molecule has 0 aromatic heterocycles. The predicted octanol–water partition coefficient (Wildman–Crippen LogP) is 1.68. The molecule has 1 atom stereocenters. The number of carbonyl (C=O) groups excluding carboxylic acids is 1. The Labute approximate surface area is 108 Å². The number of aliphatic hydroxyl groups is 1. The minimum atomic E-state index is -0.316. The molecule has 0 amide bonds. The van der Waals surface area contributed by atoms with Crippen molar-refractivity contribution in [2.75, 3.05) is 20.7 Å². The summed E-state index contributed by atoms with van der Waals surface area (Å²) in [6, 6.07) is 7.38. The molecule has 0 saturated carbocycles. The summed E-state index contributed by atoms with van der Waals surface area (Å²) in [5.41, 5.74) is 1.70. The molecule has 0 fully saturated rings. The lowest BCUT2D eigenvalue weighted by Crippen LogP contribution is -2.22. The van der Waals surface area contributed by atoms with Crippen LogP contribution in [0.3, 0.4) is 0 Å². The minimum Gasteiger partial charge on any atom is -0.465 e. The quantitative estimate of drug-likeness (QED) is 0.781. The van der Waals surface area contributed by atoms with Crippen LogP contribution in [0.25, 0.3) is 0 Å². The Hall–Kier alpha value is -1.39. The summed E-state index contributed by atoms with van der Waals surface area (Å²) < 4.78 is 4.64. The number of methoxy groups -OCH3 is 1. The molecule has 1 N–H and O–H groups in total. The zero-order valence-corrected chi connectivity index (χ0v) is 11.2. The molecule has 4 heteroatoms. The van der Waals surface area contributed by atoms with E-state index in [0.29, 0.717) is 5.56 Å². The molecule has 1 rings (SSSR count). The summed E-state index contributed by atoms with van der Waals surface area (Å²) in [4.78, 5) is 13.4. The number of carbonyl (C=O) groups is 1. The summed E-state index contributed by atoms with van der Waals surface area (Å²) in [5.74, 6) is -0.316. The van der Waals surface area contributed by atoms with E-state index in [1.807, 2.05) is 19.2 Å². The van der Waals surface area contributed by atoms with E-state index in [0.717, 1.165) is 25.1 Å². The first-order chi connectivity index (χ1) is 8.52. The maximum absolute atomic E-state index is 11.3. The van der Waals surface area contributed by atoms with Crippen LogP contribution in [0.2, 0.25) is 0 Å². The third-order valence-electron chi connectivity index (χ3n) is 2.76. The van der Waals surface area contributed by atoms with E-state index >= 15 is 0 Å². The van der Waals surface area contributed by atoms with E-state index in [1.54, 1.807) is 19.1 Å². The van der Waals surface area contributed by atoms with Crippen molar-refractivity contribution in [3.8, 4) is 0 Å². The predicted molar refractivity (Wildman–Crippen MR) is 70.4 cm³/mol. The lowest BCUT2D eigenvalue weighted by atomic mass is 10.1. The largest absolute Gasteiger partial charge is 0.465 e. The fourth-order valence-electron chi connectivity index (χ4n) is 1.66. The highest BCUT2D eigenvalue weighted by molar-refractivity contribution is 5.89. The van der Waals surface area contributed by atoms with Gasteiger partial charge in [0.05, 0.1) is 18.8 Å². The molecule has 1 aromatic carbocycles. The van der Waals surface area contributed by atoms with Crippen molar-refractivity contribution >= 4 is 5.97 Å². The number of hydrogen-bond acceptors (Lipinski definition) is 4. The van der Waals surface area contributed by atoms with Crippen LogP contribution in [0.1, 0.15) is 29.3 Å². The molecule has 4 nitrogen and oxygen atoms in total. The molecule has 0 aliphatic carbocycles. The maximum Gasteiger partial charge on any atom is 0.337 e. The second-order valence-electron chi connectivity index (χ2n) is 4.56. The van der Waals surface area contributed by atoms with Crippen molar-refractivity contribution in [3.05, 3.63) is 35.4 Å². The van der Waals surface area contributed by atoms with Gasteiger partial charge in [0.2, 0.25) is 0 Å². The highest BCUT2D eigenvalue weighted by atomic mass is 16.5. The monoisotopic (exact) mass is 251 g/mol. The van der Waals surface area contributed by atoms with Gasteiger partial charge >= 0.3 is 5.97 Å². The number of ether oxygens (including phenoxy) is 1. The van der Waals surface area contributed by atoms with Gasteiger partial charge in [-0.15, -0.1) is 0 Å². The number of esters is 1. The van der Waals surface area contributed by atoms with Gasteiger partial charge in [-0.05, 0) is 38.1 Å². The Bertz CT molecular complexity index is 373. The average Bonchev–Trinajstić information content (AvgIpc) is 2.36. The standard InChI is InChI=1S/C14H21NO3/c1-11(16)8-9-15(2)10-12-4-6-13(7-5-12)14(17)18-3/h4-7,11,16H,8-10H2,1-3H3. The fourth-order valence-corrected chi connectivity index (χ4v) is 1.66. The molecule has 0 aliphatic rings. The fraction of sp³-hybridized carbons (Fsp3) is 0.500. The molecule has 0 spiro atoms. The Morgan fingerprint density at radius 3 is 2.50 bits per heavy atom. The normalized spacial score (nSPS) is 12.5. The molecule has 100 valence electrons. The van der Waals surface area contributed by atoms with Crippen molar-refractivity contribution in [2.45, 2.75) is 26.0 Å². The van der Waals surface area contributed by atoms with Crippen LogP contribution in [0.5, 0.6) is 0 Å². The molecular weight excluding hydrogens is 230 g/mol. The zero-order chi connectivity index (χ0) is 13.5. The molecular formula is C14H21NO3. The smallest absolute Gasteiger partial charge is 0.337 e. The summed E-state index contributed by atoms with van der Waals surface area (Å²) in [5, 5.41) is 9.21. The Kier molecular flexibility index (Phi) is 5.82. The van der Waals surface area contributed by atoms with Crippen LogP contribution in [0.15, 0.2) is 24.3 Å². The van der Waals surface area contributed by atoms with E-state index in [1.165, 1.54) is 7.11 Å². The van der Waals surface area contributed by atoms with E-state index in [4.69, 9.17) is 0 Å². The SMILES string of the molecule is COC(=O)c1ccc(CN(C)CCC(C)O)cc1. The summed E-state index contributed by atoms with van der Waals surface area (Å²) in [6.45, 7) is 3.43. The first kappa shape index (κ1) is 14.7. The highest BCUT2D eigenvalue weighted by Gasteiger charge is 2.06. The molecule has 18 heavy (non-hydrogen) atoms. The third kappa shape index (κ3) is 4.85. The van der Waals surface area contributed by atoms with E-state index in [2.05, 4.69) is 9.64 Å². The van der Waals surface area contributed by atoms with E-state index < -0.39 is 0 Å². The van der Waals surface area contributed by atoms with Crippen molar-refractivity contribution in [1.82, 2.24) is 4.90 Å². The lowest BCUT2D eigenvalue weighted by Gasteiger charge is -2.17. The summed E-state index contributed by atoms with van der Waals surface area (Å²) >= 11 is 0. The van der Waals surface area contributed by atoms with Gasteiger partial charge in [0, 0.05) is 13.1 Å². The van der Waals surface area contributed by atoms with Gasteiger partial charge in [0.15, 0.2) is 0 Å². The minimum absolute atomic E-state index is 0.269. The van der Waals surface area contributed by atoms with Crippen LogP contribution in [-0.2, 0) is 11.3 Å². The number of aliphatic hydroxyl groups excluding tert-OH is 1. The highest BCUT2D eigenvalue weighted by Crippen LogP contribution is 2.08. The molecule has 1 unspecified atom stereocenters. The molecule has 0 aliphatic heterocycles. The second-order valence-corrected chi connectivity index (χ2v) is 4.56. The van der Waals surface area contributed by atoms with Gasteiger partial charge in [-0.3, -0.25) is 0 Å². The number of rotatable bonds is 6. The van der Waals surface area contributed by atoms with Crippen LogP contribution >= 0.6 is 0 Å². The van der Waals surface area contributed by atoms with Gasteiger partial charge in [-0.25, -0.2) is 4.79 Å². The first-order valence-electron chi connectivity index (χ1n) is 6.06. The number of nitrogens with zero attached hydrogens (tertiary/aromatic N) is 1. The number of hydrogen-bond donors (Lipinski definition) is 1. The molecule has 0 bridgehead atoms. The van der Waals surface area contributed by atoms with Crippen molar-refractivity contribution in [1.29, 1.82) is 0 Å².